The van der Waals surface area contributed by atoms with Crippen LogP contribution < -0.4 is 15.2 Å². The second-order valence-electron chi connectivity index (χ2n) is 2.54. The van der Waals surface area contributed by atoms with Gasteiger partial charge in [0.2, 0.25) is 17.7 Å². The number of methoxy groups -OCH3 is 2. The molecule has 0 aromatic carbocycles. The summed E-state index contributed by atoms with van der Waals surface area (Å²) in [7, 11) is 2.93. The van der Waals surface area contributed by atoms with Gasteiger partial charge in [0.05, 0.1) is 20.4 Å². The van der Waals surface area contributed by atoms with Crippen LogP contribution in [0.25, 0.3) is 6.08 Å². The van der Waals surface area contributed by atoms with Crippen molar-refractivity contribution in [3.05, 3.63) is 18.0 Å². The van der Waals surface area contributed by atoms with Crippen molar-refractivity contribution in [3.8, 4) is 11.8 Å². The zero-order valence-corrected chi connectivity index (χ0v) is 8.43. The Bertz CT molecular complexity index is 390. The van der Waals surface area contributed by atoms with Crippen molar-refractivity contribution >= 4 is 12.0 Å². The summed E-state index contributed by atoms with van der Waals surface area (Å²) in [6.07, 6.45) is 4.00. The van der Waals surface area contributed by atoms with E-state index in [4.69, 9.17) is 15.2 Å². The number of rotatable bonds is 4. The fourth-order valence-electron chi connectivity index (χ4n) is 0.901. The number of nitrogens with zero attached hydrogens (tertiary/aromatic N) is 2. The second kappa shape index (κ2) is 4.94. The Hall–Kier alpha value is -2.11. The highest BCUT2D eigenvalue weighted by Crippen LogP contribution is 2.17. The van der Waals surface area contributed by atoms with E-state index >= 15 is 0 Å². The molecule has 0 saturated carbocycles. The van der Waals surface area contributed by atoms with Crippen LogP contribution in [0.5, 0.6) is 11.8 Å². The Morgan fingerprint density at radius 1 is 1.47 bits per heavy atom. The minimum Gasteiger partial charge on any atom is -0.480 e. The molecule has 0 atom stereocenters. The van der Waals surface area contributed by atoms with Crippen LogP contribution in [0.15, 0.2) is 12.3 Å². The Balaban J connectivity index is 3.06. The van der Waals surface area contributed by atoms with Crippen molar-refractivity contribution < 1.29 is 14.3 Å². The minimum absolute atomic E-state index is 0.299. The van der Waals surface area contributed by atoms with E-state index in [-0.39, 0.29) is 0 Å². The normalized spacial score (nSPS) is 10.3. The van der Waals surface area contributed by atoms with Gasteiger partial charge in [-0.15, -0.1) is 0 Å². The van der Waals surface area contributed by atoms with Gasteiger partial charge in [-0.2, -0.15) is 0 Å². The highest BCUT2D eigenvalue weighted by molar-refractivity contribution is 5.90. The molecule has 1 aromatic rings. The standard InChI is InChI=1S/C9H11N3O3/c1-14-8-5-11-9(15-2)6(12-8)3-4-7(10)13/h3-5H,1-2H3,(H2,10,13)/b4-3+. The zero-order chi connectivity index (χ0) is 11.3. The first-order chi connectivity index (χ1) is 7.17. The van der Waals surface area contributed by atoms with Gasteiger partial charge in [-0.05, 0) is 6.08 Å². The molecule has 0 saturated heterocycles. The molecule has 0 fully saturated rings. The predicted molar refractivity (Wildman–Crippen MR) is 53.4 cm³/mol. The van der Waals surface area contributed by atoms with Gasteiger partial charge in [0.1, 0.15) is 5.69 Å². The molecule has 1 rings (SSSR count). The van der Waals surface area contributed by atoms with E-state index in [1.54, 1.807) is 0 Å². The van der Waals surface area contributed by atoms with Gasteiger partial charge in [-0.25, -0.2) is 9.97 Å². The summed E-state index contributed by atoms with van der Waals surface area (Å²) >= 11 is 0. The molecule has 1 heterocycles. The number of amides is 1. The molecule has 0 aliphatic carbocycles. The molecule has 0 unspecified atom stereocenters. The van der Waals surface area contributed by atoms with Crippen LogP contribution in [-0.2, 0) is 4.79 Å². The van der Waals surface area contributed by atoms with Crippen molar-refractivity contribution in [2.45, 2.75) is 0 Å². The van der Waals surface area contributed by atoms with Gasteiger partial charge in [0.15, 0.2) is 0 Å². The van der Waals surface area contributed by atoms with E-state index in [0.29, 0.717) is 17.5 Å². The third-order valence-corrected chi connectivity index (χ3v) is 1.55. The van der Waals surface area contributed by atoms with E-state index in [2.05, 4.69) is 9.97 Å². The van der Waals surface area contributed by atoms with Crippen LogP contribution in [-0.4, -0.2) is 30.1 Å². The van der Waals surface area contributed by atoms with Crippen LogP contribution in [0.4, 0.5) is 0 Å². The van der Waals surface area contributed by atoms with E-state index in [1.807, 2.05) is 0 Å². The molecular formula is C9H11N3O3. The molecule has 0 aliphatic heterocycles. The predicted octanol–water partition coefficient (Wildman–Crippen LogP) is -0.00770. The summed E-state index contributed by atoms with van der Waals surface area (Å²) in [5.41, 5.74) is 5.34. The van der Waals surface area contributed by atoms with Gasteiger partial charge in [-0.1, -0.05) is 0 Å². The number of hydrogen-bond donors (Lipinski definition) is 1. The van der Waals surface area contributed by atoms with Crippen LogP contribution in [0.3, 0.4) is 0 Å². The summed E-state index contributed by atoms with van der Waals surface area (Å²) in [5.74, 6) is 0.0647. The summed E-state index contributed by atoms with van der Waals surface area (Å²) in [5, 5.41) is 0. The molecular weight excluding hydrogens is 198 g/mol. The van der Waals surface area contributed by atoms with Gasteiger partial charge < -0.3 is 15.2 Å². The molecule has 15 heavy (non-hydrogen) atoms. The second-order valence-corrected chi connectivity index (χ2v) is 2.54. The molecule has 6 nitrogen and oxygen atoms in total. The highest BCUT2D eigenvalue weighted by Gasteiger charge is 2.05. The number of ether oxygens (including phenoxy) is 2. The average Bonchev–Trinajstić information content (AvgIpc) is 2.25. The van der Waals surface area contributed by atoms with E-state index < -0.39 is 5.91 Å². The lowest BCUT2D eigenvalue weighted by atomic mass is 10.3. The molecule has 1 amide bonds. The number of primary amides is 1. The summed E-state index contributed by atoms with van der Waals surface area (Å²) in [6.45, 7) is 0. The number of nitrogens with two attached hydrogens (primary N) is 1. The molecule has 0 aliphatic rings. The SMILES string of the molecule is COc1cnc(OC)c(/C=C/C(N)=O)n1. The first-order valence-corrected chi connectivity index (χ1v) is 4.10. The van der Waals surface area contributed by atoms with Gasteiger partial charge >= 0.3 is 0 Å². The van der Waals surface area contributed by atoms with Crippen molar-refractivity contribution in [3.63, 3.8) is 0 Å². The van der Waals surface area contributed by atoms with Crippen LogP contribution in [0.2, 0.25) is 0 Å². The maximum absolute atomic E-state index is 10.5. The molecule has 2 N–H and O–H groups in total. The molecule has 6 heteroatoms. The first kappa shape index (κ1) is 11.0. The van der Waals surface area contributed by atoms with Gasteiger partial charge in [0, 0.05) is 6.08 Å². The smallest absolute Gasteiger partial charge is 0.241 e. The van der Waals surface area contributed by atoms with E-state index in [1.165, 1.54) is 32.6 Å². The van der Waals surface area contributed by atoms with Gasteiger partial charge in [0.25, 0.3) is 0 Å². The fraction of sp³-hybridized carbons (Fsp3) is 0.222. The summed E-state index contributed by atoms with van der Waals surface area (Å²) < 4.78 is 9.83. The van der Waals surface area contributed by atoms with Crippen molar-refractivity contribution in [1.29, 1.82) is 0 Å². The monoisotopic (exact) mass is 209 g/mol. The van der Waals surface area contributed by atoms with E-state index in [9.17, 15) is 4.79 Å². The van der Waals surface area contributed by atoms with E-state index in [0.717, 1.165) is 0 Å². The third-order valence-electron chi connectivity index (χ3n) is 1.55. The molecule has 0 spiro atoms. The minimum atomic E-state index is -0.568. The summed E-state index contributed by atoms with van der Waals surface area (Å²) in [4.78, 5) is 18.5. The lowest BCUT2D eigenvalue weighted by Gasteiger charge is -2.04. The Morgan fingerprint density at radius 2 is 2.20 bits per heavy atom. The molecule has 0 radical (unpaired) electrons. The van der Waals surface area contributed by atoms with Gasteiger partial charge in [-0.3, -0.25) is 4.79 Å². The molecule has 0 bridgehead atoms. The van der Waals surface area contributed by atoms with Crippen LogP contribution >= 0.6 is 0 Å². The quantitative estimate of drug-likeness (QED) is 0.705. The fourth-order valence-corrected chi connectivity index (χ4v) is 0.901. The number of carbonyl (C=O) groups excluding carboxylic acids is 1. The maximum Gasteiger partial charge on any atom is 0.241 e. The largest absolute Gasteiger partial charge is 0.480 e. The number of aromatic nitrogens is 2. The van der Waals surface area contributed by atoms with Crippen LogP contribution in [0, 0.1) is 0 Å². The lowest BCUT2D eigenvalue weighted by molar-refractivity contribution is -0.113. The summed E-state index contributed by atoms with van der Waals surface area (Å²) in [6, 6.07) is 0. The highest BCUT2D eigenvalue weighted by atomic mass is 16.5. The maximum atomic E-state index is 10.5. The molecule has 80 valence electrons. The Morgan fingerprint density at radius 3 is 2.73 bits per heavy atom. The Kier molecular flexibility index (Phi) is 3.61. The first-order valence-electron chi connectivity index (χ1n) is 4.10. The van der Waals surface area contributed by atoms with Crippen molar-refractivity contribution in [2.75, 3.05) is 14.2 Å². The number of hydrogen-bond acceptors (Lipinski definition) is 5. The molecule has 1 aromatic heterocycles. The van der Waals surface area contributed by atoms with Crippen molar-refractivity contribution in [1.82, 2.24) is 9.97 Å². The third kappa shape index (κ3) is 2.94. The number of carbonyl (C=O) groups is 1. The van der Waals surface area contributed by atoms with Crippen molar-refractivity contribution in [2.24, 2.45) is 5.73 Å². The Labute approximate surface area is 86.7 Å². The zero-order valence-electron chi connectivity index (χ0n) is 8.43. The average molecular weight is 209 g/mol. The van der Waals surface area contributed by atoms with Crippen LogP contribution in [0.1, 0.15) is 5.69 Å². The topological polar surface area (TPSA) is 87.3 Å². The lowest BCUT2D eigenvalue weighted by Crippen LogP contribution is -2.05.